The molecule has 0 radical (unpaired) electrons. The van der Waals surface area contributed by atoms with E-state index < -0.39 is 0 Å². The average Bonchev–Trinajstić information content (AvgIpc) is 3.25. The summed E-state index contributed by atoms with van der Waals surface area (Å²) in [6, 6.07) is 6.04. The van der Waals surface area contributed by atoms with Gasteiger partial charge >= 0.3 is 0 Å². The Morgan fingerprint density at radius 2 is 1.83 bits per heavy atom. The second kappa shape index (κ2) is 6.49. The summed E-state index contributed by atoms with van der Waals surface area (Å²) in [4.78, 5) is 2.27. The third-order valence-electron chi connectivity index (χ3n) is 4.68. The van der Waals surface area contributed by atoms with Crippen molar-refractivity contribution in [1.29, 1.82) is 0 Å². The first-order valence-electron chi connectivity index (χ1n) is 8.56. The summed E-state index contributed by atoms with van der Waals surface area (Å²) < 4.78 is 13.2. The number of hydrogen-bond donors (Lipinski definition) is 0. The van der Waals surface area contributed by atoms with Gasteiger partial charge in [-0.05, 0) is 44.9 Å². The third kappa shape index (κ3) is 3.01. The third-order valence-corrected chi connectivity index (χ3v) is 4.68. The van der Waals surface area contributed by atoms with E-state index in [-0.39, 0.29) is 6.29 Å². The molecule has 0 spiro atoms. The topological polar surface area (TPSA) is 65.3 Å². The maximum atomic E-state index is 5.67. The molecule has 0 unspecified atom stereocenters. The fourth-order valence-corrected chi connectivity index (χ4v) is 3.55. The van der Waals surface area contributed by atoms with Crippen LogP contribution < -0.4 is 4.90 Å². The number of nitrogens with zero attached hydrogens (tertiary/aromatic N) is 5. The molecule has 1 atom stereocenters. The van der Waals surface area contributed by atoms with E-state index in [9.17, 15) is 0 Å². The standard InChI is InChI=1S/C17H23N5O2/c1-12-10-13(2)22(20-12)16-6-5-15(18-19-16)21-7-3-4-14(11-21)17-23-8-9-24-17/h5-6,10,14,17H,3-4,7-9,11H2,1-2H3/t14-/m0/s1. The molecule has 0 aromatic carbocycles. The van der Waals surface area contributed by atoms with E-state index in [0.29, 0.717) is 19.1 Å². The molecule has 0 saturated carbocycles. The first kappa shape index (κ1) is 15.5. The van der Waals surface area contributed by atoms with E-state index in [4.69, 9.17) is 9.47 Å². The van der Waals surface area contributed by atoms with Gasteiger partial charge in [-0.25, -0.2) is 4.68 Å². The molecule has 7 heteroatoms. The minimum absolute atomic E-state index is 0.0604. The molecule has 4 rings (SSSR count). The Bertz CT molecular complexity index is 694. The lowest BCUT2D eigenvalue weighted by Gasteiger charge is -2.35. The van der Waals surface area contributed by atoms with Gasteiger partial charge in [0.2, 0.25) is 0 Å². The lowest BCUT2D eigenvalue weighted by Crippen LogP contribution is -2.41. The summed E-state index contributed by atoms with van der Waals surface area (Å²) in [5, 5.41) is 13.2. The summed E-state index contributed by atoms with van der Waals surface area (Å²) in [6.07, 6.45) is 2.20. The molecule has 0 bridgehead atoms. The van der Waals surface area contributed by atoms with Gasteiger partial charge in [0.05, 0.1) is 18.9 Å². The van der Waals surface area contributed by atoms with Gasteiger partial charge < -0.3 is 14.4 Å². The lowest BCUT2D eigenvalue weighted by atomic mass is 9.97. The van der Waals surface area contributed by atoms with Gasteiger partial charge in [-0.1, -0.05) is 0 Å². The normalized spacial score (nSPS) is 22.2. The summed E-state index contributed by atoms with van der Waals surface area (Å²) >= 11 is 0. The predicted molar refractivity (Wildman–Crippen MR) is 89.3 cm³/mol. The maximum absolute atomic E-state index is 5.67. The number of aromatic nitrogens is 4. The molecule has 2 fully saturated rings. The van der Waals surface area contributed by atoms with Crippen molar-refractivity contribution in [3.63, 3.8) is 0 Å². The van der Waals surface area contributed by atoms with Gasteiger partial charge in [0, 0.05) is 24.7 Å². The average molecular weight is 329 g/mol. The van der Waals surface area contributed by atoms with Gasteiger partial charge in [-0.2, -0.15) is 5.10 Å². The van der Waals surface area contributed by atoms with Gasteiger partial charge in [0.25, 0.3) is 0 Å². The van der Waals surface area contributed by atoms with Gasteiger partial charge in [-0.3, -0.25) is 0 Å². The van der Waals surface area contributed by atoms with E-state index >= 15 is 0 Å². The minimum atomic E-state index is -0.0604. The number of anilines is 1. The minimum Gasteiger partial charge on any atom is -0.355 e. The number of piperidine rings is 1. The Morgan fingerprint density at radius 3 is 2.50 bits per heavy atom. The molecule has 0 N–H and O–H groups in total. The van der Waals surface area contributed by atoms with E-state index in [2.05, 4.69) is 20.2 Å². The monoisotopic (exact) mass is 329 g/mol. The van der Waals surface area contributed by atoms with Crippen LogP contribution in [0.15, 0.2) is 18.2 Å². The number of aryl methyl sites for hydroxylation is 2. The zero-order chi connectivity index (χ0) is 16.5. The molecule has 2 saturated heterocycles. The smallest absolute Gasteiger partial charge is 0.176 e. The van der Waals surface area contributed by atoms with Crippen LogP contribution in [0.25, 0.3) is 5.82 Å². The lowest BCUT2D eigenvalue weighted by molar-refractivity contribution is -0.0859. The highest BCUT2D eigenvalue weighted by Crippen LogP contribution is 2.27. The summed E-state index contributed by atoms with van der Waals surface area (Å²) in [7, 11) is 0. The van der Waals surface area contributed by atoms with Crippen molar-refractivity contribution in [3.8, 4) is 5.82 Å². The second-order valence-electron chi connectivity index (χ2n) is 6.55. The van der Waals surface area contributed by atoms with Crippen LogP contribution in [0.2, 0.25) is 0 Å². The van der Waals surface area contributed by atoms with Crippen LogP contribution in [0.3, 0.4) is 0 Å². The van der Waals surface area contributed by atoms with Crippen LogP contribution in [0.5, 0.6) is 0 Å². The number of hydrogen-bond acceptors (Lipinski definition) is 6. The van der Waals surface area contributed by atoms with Crippen molar-refractivity contribution in [2.45, 2.75) is 33.0 Å². The zero-order valence-electron chi connectivity index (χ0n) is 14.2. The molecular weight excluding hydrogens is 306 g/mol. The number of rotatable bonds is 3. The Morgan fingerprint density at radius 1 is 1.08 bits per heavy atom. The fraction of sp³-hybridized carbons (Fsp3) is 0.588. The fourth-order valence-electron chi connectivity index (χ4n) is 3.55. The predicted octanol–water partition coefficient (Wildman–Crippen LogP) is 1.87. The highest BCUT2D eigenvalue weighted by atomic mass is 16.7. The molecule has 2 aromatic rings. The summed E-state index contributed by atoms with van der Waals surface area (Å²) in [5.74, 6) is 2.06. The van der Waals surface area contributed by atoms with Gasteiger partial charge in [0.15, 0.2) is 17.9 Å². The molecule has 24 heavy (non-hydrogen) atoms. The van der Waals surface area contributed by atoms with Crippen LogP contribution in [-0.2, 0) is 9.47 Å². The van der Waals surface area contributed by atoms with E-state index in [1.807, 2.05) is 36.7 Å². The molecule has 7 nitrogen and oxygen atoms in total. The Balaban J connectivity index is 1.49. The molecule has 128 valence electrons. The van der Waals surface area contributed by atoms with E-state index in [1.54, 1.807) is 0 Å². The quantitative estimate of drug-likeness (QED) is 0.856. The zero-order valence-corrected chi connectivity index (χ0v) is 14.2. The van der Waals surface area contributed by atoms with Crippen LogP contribution in [0, 0.1) is 19.8 Å². The van der Waals surface area contributed by atoms with Crippen molar-refractivity contribution >= 4 is 5.82 Å². The first-order valence-corrected chi connectivity index (χ1v) is 8.56. The van der Waals surface area contributed by atoms with Crippen LogP contribution >= 0.6 is 0 Å². The van der Waals surface area contributed by atoms with Gasteiger partial charge in [0.1, 0.15) is 0 Å². The Labute approximate surface area is 141 Å². The first-order chi connectivity index (χ1) is 11.7. The summed E-state index contributed by atoms with van der Waals surface area (Å²) in [5.41, 5.74) is 2.04. The van der Waals surface area contributed by atoms with Crippen molar-refractivity contribution in [1.82, 2.24) is 20.0 Å². The molecule has 2 aromatic heterocycles. The van der Waals surface area contributed by atoms with E-state index in [1.165, 1.54) is 0 Å². The van der Waals surface area contributed by atoms with Crippen LogP contribution in [-0.4, -0.2) is 52.6 Å². The molecule has 2 aliphatic rings. The number of ether oxygens (including phenoxy) is 2. The Kier molecular flexibility index (Phi) is 4.20. The van der Waals surface area contributed by atoms with Crippen molar-refractivity contribution in [2.75, 3.05) is 31.2 Å². The van der Waals surface area contributed by atoms with Crippen molar-refractivity contribution < 1.29 is 9.47 Å². The van der Waals surface area contributed by atoms with Crippen LogP contribution in [0.4, 0.5) is 5.82 Å². The second-order valence-corrected chi connectivity index (χ2v) is 6.55. The molecular formula is C17H23N5O2. The highest BCUT2D eigenvalue weighted by molar-refractivity contribution is 5.40. The molecule has 0 aliphatic carbocycles. The van der Waals surface area contributed by atoms with Crippen molar-refractivity contribution in [2.24, 2.45) is 5.92 Å². The molecule has 4 heterocycles. The highest BCUT2D eigenvalue weighted by Gasteiger charge is 2.31. The van der Waals surface area contributed by atoms with Gasteiger partial charge in [-0.15, -0.1) is 10.2 Å². The SMILES string of the molecule is Cc1cc(C)n(-c2ccc(N3CCC[C@H](C4OCCO4)C3)nn2)n1. The largest absolute Gasteiger partial charge is 0.355 e. The van der Waals surface area contributed by atoms with E-state index in [0.717, 1.165) is 49.0 Å². The molecule has 0 amide bonds. The maximum Gasteiger partial charge on any atom is 0.176 e. The van der Waals surface area contributed by atoms with Crippen molar-refractivity contribution in [3.05, 3.63) is 29.6 Å². The summed E-state index contributed by atoms with van der Waals surface area (Å²) in [6.45, 7) is 7.31. The van der Waals surface area contributed by atoms with Crippen LogP contribution in [0.1, 0.15) is 24.2 Å². The Hall–Kier alpha value is -1.99. The molecule has 2 aliphatic heterocycles.